The molecule has 0 radical (unpaired) electrons. The standard InChI is InChI=1S/C15H30FN3O6/c1-12(2)15(21)19-9-13(16)10-24-8-7-23-6-5-22-4-3-18-14(20)11-25-17/h12-13H,3-11,17H2,1-2H3,(H,18,20)(H,19,21). The molecule has 4 N–H and O–H groups in total. The second-order valence-corrected chi connectivity index (χ2v) is 5.46. The summed E-state index contributed by atoms with van der Waals surface area (Å²) in [5.74, 6) is 4.09. The van der Waals surface area contributed by atoms with Crippen LogP contribution in [0.4, 0.5) is 4.39 Å². The average molecular weight is 367 g/mol. The summed E-state index contributed by atoms with van der Waals surface area (Å²) >= 11 is 0. The van der Waals surface area contributed by atoms with Gasteiger partial charge in [-0.15, -0.1) is 0 Å². The second kappa shape index (κ2) is 16.2. The number of carbonyl (C=O) groups excluding carboxylic acids is 2. The molecule has 0 aliphatic rings. The molecular weight excluding hydrogens is 337 g/mol. The van der Waals surface area contributed by atoms with Gasteiger partial charge in [0.05, 0.1) is 46.2 Å². The molecule has 0 heterocycles. The van der Waals surface area contributed by atoms with Crippen LogP contribution in [0.15, 0.2) is 0 Å². The van der Waals surface area contributed by atoms with Gasteiger partial charge in [-0.05, 0) is 0 Å². The van der Waals surface area contributed by atoms with E-state index in [2.05, 4.69) is 15.5 Å². The molecule has 0 bridgehead atoms. The van der Waals surface area contributed by atoms with Gasteiger partial charge in [0, 0.05) is 12.5 Å². The van der Waals surface area contributed by atoms with E-state index >= 15 is 0 Å². The summed E-state index contributed by atoms with van der Waals surface area (Å²) < 4.78 is 29.0. The van der Waals surface area contributed by atoms with Gasteiger partial charge in [-0.2, -0.15) is 0 Å². The maximum Gasteiger partial charge on any atom is 0.248 e. The van der Waals surface area contributed by atoms with Crippen molar-refractivity contribution in [1.82, 2.24) is 10.6 Å². The number of hydrogen-bond donors (Lipinski definition) is 3. The van der Waals surface area contributed by atoms with Crippen molar-refractivity contribution in [3.63, 3.8) is 0 Å². The van der Waals surface area contributed by atoms with Crippen molar-refractivity contribution in [1.29, 1.82) is 0 Å². The smallest absolute Gasteiger partial charge is 0.248 e. The van der Waals surface area contributed by atoms with Gasteiger partial charge in [-0.1, -0.05) is 13.8 Å². The van der Waals surface area contributed by atoms with Crippen molar-refractivity contribution < 1.29 is 33.0 Å². The molecule has 0 aromatic rings. The number of nitrogens with one attached hydrogen (secondary N) is 2. The molecule has 25 heavy (non-hydrogen) atoms. The third-order valence-corrected chi connectivity index (χ3v) is 2.85. The summed E-state index contributed by atoms with van der Waals surface area (Å²) in [7, 11) is 0. The van der Waals surface area contributed by atoms with E-state index in [-0.39, 0.29) is 44.1 Å². The topological polar surface area (TPSA) is 121 Å². The Labute approximate surface area is 147 Å². The highest BCUT2D eigenvalue weighted by molar-refractivity contribution is 5.77. The molecule has 0 aliphatic carbocycles. The van der Waals surface area contributed by atoms with E-state index in [1.54, 1.807) is 13.8 Å². The SMILES string of the molecule is CC(C)C(=O)NCC(F)COCCOCCOCCNC(=O)CON. The number of nitrogens with two attached hydrogens (primary N) is 1. The van der Waals surface area contributed by atoms with E-state index in [1.807, 2.05) is 0 Å². The van der Waals surface area contributed by atoms with Crippen LogP contribution >= 0.6 is 0 Å². The lowest BCUT2D eigenvalue weighted by Gasteiger charge is -2.12. The number of hydrogen-bond acceptors (Lipinski definition) is 7. The first-order valence-corrected chi connectivity index (χ1v) is 8.20. The third kappa shape index (κ3) is 15.9. The minimum atomic E-state index is -1.24. The van der Waals surface area contributed by atoms with Crippen molar-refractivity contribution in [3.05, 3.63) is 0 Å². The first-order chi connectivity index (χ1) is 12.0. The van der Waals surface area contributed by atoms with E-state index in [4.69, 9.17) is 20.1 Å². The minimum Gasteiger partial charge on any atom is -0.377 e. The lowest BCUT2D eigenvalue weighted by atomic mass is 10.2. The quantitative estimate of drug-likeness (QED) is 0.240. The monoisotopic (exact) mass is 367 g/mol. The summed E-state index contributed by atoms with van der Waals surface area (Å²) in [6, 6.07) is 0. The molecule has 0 aliphatic heterocycles. The molecule has 0 aromatic heterocycles. The van der Waals surface area contributed by atoms with Gasteiger partial charge in [0.25, 0.3) is 0 Å². The minimum absolute atomic E-state index is 0.0559. The molecule has 0 saturated carbocycles. The Balaban J connectivity index is 3.28. The van der Waals surface area contributed by atoms with Crippen LogP contribution in [0.1, 0.15) is 13.8 Å². The molecule has 9 nitrogen and oxygen atoms in total. The summed E-state index contributed by atoms with van der Waals surface area (Å²) in [4.78, 5) is 26.4. The molecular formula is C15H30FN3O6. The van der Waals surface area contributed by atoms with Crippen LogP contribution in [-0.2, 0) is 28.6 Å². The predicted octanol–water partition coefficient (Wildman–Crippen LogP) is -0.847. The van der Waals surface area contributed by atoms with Crippen molar-refractivity contribution in [3.8, 4) is 0 Å². The van der Waals surface area contributed by atoms with Gasteiger partial charge in [0.15, 0.2) is 0 Å². The second-order valence-electron chi connectivity index (χ2n) is 5.46. The van der Waals surface area contributed by atoms with Crippen molar-refractivity contribution in [2.75, 3.05) is 59.3 Å². The Kier molecular flexibility index (Phi) is 15.3. The first-order valence-electron chi connectivity index (χ1n) is 8.20. The van der Waals surface area contributed by atoms with Gasteiger partial charge >= 0.3 is 0 Å². The van der Waals surface area contributed by atoms with E-state index < -0.39 is 6.17 Å². The van der Waals surface area contributed by atoms with Crippen LogP contribution in [0.3, 0.4) is 0 Å². The van der Waals surface area contributed by atoms with Gasteiger partial charge in [0.2, 0.25) is 11.8 Å². The molecule has 1 unspecified atom stereocenters. The molecule has 0 aromatic carbocycles. The van der Waals surface area contributed by atoms with E-state index in [0.717, 1.165) is 0 Å². The lowest BCUT2D eigenvalue weighted by molar-refractivity contribution is -0.126. The number of carbonyl (C=O) groups is 2. The maximum absolute atomic E-state index is 13.4. The third-order valence-electron chi connectivity index (χ3n) is 2.85. The van der Waals surface area contributed by atoms with Crippen LogP contribution in [-0.4, -0.2) is 77.3 Å². The highest BCUT2D eigenvalue weighted by Crippen LogP contribution is 1.94. The zero-order chi connectivity index (χ0) is 18.9. The largest absolute Gasteiger partial charge is 0.377 e. The number of rotatable bonds is 16. The molecule has 1 atom stereocenters. The van der Waals surface area contributed by atoms with Crippen LogP contribution in [0, 0.1) is 5.92 Å². The van der Waals surface area contributed by atoms with Crippen LogP contribution in [0.5, 0.6) is 0 Å². The Morgan fingerprint density at radius 1 is 1.00 bits per heavy atom. The van der Waals surface area contributed by atoms with Crippen LogP contribution in [0.2, 0.25) is 0 Å². The maximum atomic E-state index is 13.4. The fourth-order valence-corrected chi connectivity index (χ4v) is 1.51. The van der Waals surface area contributed by atoms with Gasteiger partial charge < -0.3 is 24.8 Å². The Bertz CT molecular complexity index is 360. The Morgan fingerprint density at radius 2 is 1.60 bits per heavy atom. The first kappa shape index (κ1) is 23.7. The number of ether oxygens (including phenoxy) is 3. The number of halogens is 1. The van der Waals surface area contributed by atoms with E-state index in [9.17, 15) is 14.0 Å². The fraction of sp³-hybridized carbons (Fsp3) is 0.867. The number of alkyl halides is 1. The van der Waals surface area contributed by atoms with Gasteiger partial charge in [-0.3, -0.25) is 14.4 Å². The molecule has 148 valence electrons. The van der Waals surface area contributed by atoms with Gasteiger partial charge in [0.1, 0.15) is 12.8 Å². The molecule has 10 heteroatoms. The normalized spacial score (nSPS) is 12.2. The molecule has 0 fully saturated rings. The molecule has 0 saturated heterocycles. The lowest BCUT2D eigenvalue weighted by Crippen LogP contribution is -2.35. The molecule has 0 spiro atoms. The predicted molar refractivity (Wildman–Crippen MR) is 88.3 cm³/mol. The zero-order valence-corrected chi connectivity index (χ0v) is 14.9. The zero-order valence-electron chi connectivity index (χ0n) is 14.9. The molecule has 0 rings (SSSR count). The number of amides is 2. The average Bonchev–Trinajstić information content (AvgIpc) is 2.57. The molecule has 2 amide bonds. The highest BCUT2D eigenvalue weighted by atomic mass is 19.1. The Hall–Kier alpha value is -1.33. The van der Waals surface area contributed by atoms with Crippen molar-refractivity contribution in [2.24, 2.45) is 11.8 Å². The van der Waals surface area contributed by atoms with Crippen LogP contribution < -0.4 is 16.5 Å². The van der Waals surface area contributed by atoms with Crippen LogP contribution in [0.25, 0.3) is 0 Å². The van der Waals surface area contributed by atoms with Crippen molar-refractivity contribution >= 4 is 11.8 Å². The Morgan fingerprint density at radius 3 is 2.20 bits per heavy atom. The van der Waals surface area contributed by atoms with E-state index in [1.165, 1.54) is 0 Å². The summed E-state index contributed by atoms with van der Waals surface area (Å²) in [5, 5.41) is 5.05. The summed E-state index contributed by atoms with van der Waals surface area (Å²) in [5.41, 5.74) is 0. The van der Waals surface area contributed by atoms with Crippen molar-refractivity contribution in [2.45, 2.75) is 20.0 Å². The fourth-order valence-electron chi connectivity index (χ4n) is 1.51. The summed E-state index contributed by atoms with van der Waals surface area (Å²) in [6.45, 7) is 5.17. The summed E-state index contributed by atoms with van der Waals surface area (Å²) in [6.07, 6.45) is -1.24. The van der Waals surface area contributed by atoms with Gasteiger partial charge in [-0.25, -0.2) is 10.3 Å². The van der Waals surface area contributed by atoms with E-state index in [0.29, 0.717) is 33.0 Å². The highest BCUT2D eigenvalue weighted by Gasteiger charge is 2.11.